The van der Waals surface area contributed by atoms with E-state index in [1.54, 1.807) is 0 Å². The molecule has 1 atom stereocenters. The summed E-state index contributed by atoms with van der Waals surface area (Å²) in [4.78, 5) is 2.59. The summed E-state index contributed by atoms with van der Waals surface area (Å²) in [6.45, 7) is 10.7. The minimum atomic E-state index is 0.593. The third-order valence-corrected chi connectivity index (χ3v) is 3.03. The second kappa shape index (κ2) is 8.08. The van der Waals surface area contributed by atoms with Crippen LogP contribution in [0.3, 0.4) is 0 Å². The maximum Gasteiger partial charge on any atom is 0.0634 e. The van der Waals surface area contributed by atoms with Crippen molar-refractivity contribution >= 4 is 0 Å². The van der Waals surface area contributed by atoms with Crippen molar-refractivity contribution in [2.45, 2.75) is 39.2 Å². The molecular weight excluding hydrogens is 188 g/mol. The highest BCUT2D eigenvalue weighted by atomic mass is 16.5. The number of ether oxygens (including phenoxy) is 1. The summed E-state index contributed by atoms with van der Waals surface area (Å²) in [5.41, 5.74) is 0. The first-order valence-electron chi connectivity index (χ1n) is 6.41. The number of hydrogen-bond acceptors (Lipinski definition) is 3. The van der Waals surface area contributed by atoms with Gasteiger partial charge in [-0.1, -0.05) is 26.7 Å². The van der Waals surface area contributed by atoms with Crippen LogP contribution in [0.5, 0.6) is 0 Å². The number of nitrogens with zero attached hydrogens (tertiary/aromatic N) is 1. The number of nitrogens with one attached hydrogen (secondary N) is 1. The highest BCUT2D eigenvalue weighted by molar-refractivity contribution is 4.77. The lowest BCUT2D eigenvalue weighted by Gasteiger charge is -2.35. The first kappa shape index (κ1) is 12.9. The molecule has 90 valence electrons. The fourth-order valence-corrected chi connectivity index (χ4v) is 2.05. The van der Waals surface area contributed by atoms with Gasteiger partial charge in [0.1, 0.15) is 0 Å². The van der Waals surface area contributed by atoms with E-state index in [1.165, 1.54) is 25.8 Å². The second-order valence-electron chi connectivity index (χ2n) is 4.28. The van der Waals surface area contributed by atoms with Crippen LogP contribution in [0.4, 0.5) is 0 Å². The summed E-state index contributed by atoms with van der Waals surface area (Å²) in [5.74, 6) is 0. The molecule has 1 heterocycles. The summed E-state index contributed by atoms with van der Waals surface area (Å²) in [5, 5.41) is 3.42. The average molecular weight is 214 g/mol. The minimum absolute atomic E-state index is 0.593. The van der Waals surface area contributed by atoms with Crippen molar-refractivity contribution in [3.05, 3.63) is 0 Å². The van der Waals surface area contributed by atoms with Gasteiger partial charge < -0.3 is 10.1 Å². The molecule has 0 aromatic carbocycles. The number of rotatable bonds is 7. The fourth-order valence-electron chi connectivity index (χ4n) is 2.05. The van der Waals surface area contributed by atoms with Crippen molar-refractivity contribution < 1.29 is 4.74 Å². The first-order valence-corrected chi connectivity index (χ1v) is 6.41. The van der Waals surface area contributed by atoms with Crippen LogP contribution < -0.4 is 5.32 Å². The van der Waals surface area contributed by atoms with E-state index in [1.807, 2.05) is 0 Å². The zero-order valence-electron chi connectivity index (χ0n) is 10.3. The van der Waals surface area contributed by atoms with Crippen LogP contribution in [0, 0.1) is 0 Å². The fraction of sp³-hybridized carbons (Fsp3) is 1.00. The zero-order chi connectivity index (χ0) is 10.9. The Hall–Kier alpha value is -0.120. The van der Waals surface area contributed by atoms with E-state index in [9.17, 15) is 0 Å². The summed E-state index contributed by atoms with van der Waals surface area (Å²) < 4.78 is 5.53. The largest absolute Gasteiger partial charge is 0.378 e. The Morgan fingerprint density at radius 1 is 1.33 bits per heavy atom. The van der Waals surface area contributed by atoms with Gasteiger partial charge in [0.05, 0.1) is 13.2 Å². The normalized spacial score (nSPS) is 23.2. The van der Waals surface area contributed by atoms with Crippen molar-refractivity contribution in [1.82, 2.24) is 10.2 Å². The Bertz CT molecular complexity index is 153. The van der Waals surface area contributed by atoms with Gasteiger partial charge in [-0.15, -0.1) is 0 Å². The van der Waals surface area contributed by atoms with Crippen LogP contribution in [-0.2, 0) is 4.74 Å². The van der Waals surface area contributed by atoms with E-state index < -0.39 is 0 Å². The Morgan fingerprint density at radius 3 is 2.93 bits per heavy atom. The third kappa shape index (κ3) is 4.96. The van der Waals surface area contributed by atoms with E-state index in [0.717, 1.165) is 32.8 Å². The van der Waals surface area contributed by atoms with Gasteiger partial charge in [0.15, 0.2) is 0 Å². The molecule has 0 saturated carbocycles. The number of hydrogen-bond donors (Lipinski definition) is 1. The number of likely N-dealkylation sites (N-methyl/N-ethyl adjacent to an activating group) is 1. The summed E-state index contributed by atoms with van der Waals surface area (Å²) in [6, 6.07) is 0.593. The number of unbranched alkanes of at least 4 members (excludes halogenated alkanes) is 2. The monoisotopic (exact) mass is 214 g/mol. The van der Waals surface area contributed by atoms with Gasteiger partial charge >= 0.3 is 0 Å². The van der Waals surface area contributed by atoms with E-state index in [2.05, 4.69) is 24.1 Å². The summed E-state index contributed by atoms with van der Waals surface area (Å²) in [7, 11) is 0. The Kier molecular flexibility index (Phi) is 6.98. The molecule has 0 radical (unpaired) electrons. The molecule has 3 heteroatoms. The number of morpholine rings is 1. The smallest absolute Gasteiger partial charge is 0.0634 e. The van der Waals surface area contributed by atoms with E-state index in [-0.39, 0.29) is 0 Å². The van der Waals surface area contributed by atoms with Crippen molar-refractivity contribution in [2.24, 2.45) is 0 Å². The molecule has 1 N–H and O–H groups in total. The third-order valence-electron chi connectivity index (χ3n) is 3.03. The van der Waals surface area contributed by atoms with E-state index in [4.69, 9.17) is 4.74 Å². The molecule has 1 aliphatic heterocycles. The van der Waals surface area contributed by atoms with Gasteiger partial charge in [-0.3, -0.25) is 4.90 Å². The molecule has 0 aromatic heterocycles. The minimum Gasteiger partial charge on any atom is -0.378 e. The topological polar surface area (TPSA) is 24.5 Å². The Balaban J connectivity index is 2.22. The standard InChI is InChI=1S/C12H26N2O/c1-3-5-6-7-14-8-9-15-11-12(14)10-13-4-2/h12-13H,3-11H2,1-2H3. The SMILES string of the molecule is CCCCCN1CCOCC1CNCC. The van der Waals surface area contributed by atoms with Crippen molar-refractivity contribution in [1.29, 1.82) is 0 Å². The second-order valence-corrected chi connectivity index (χ2v) is 4.28. The van der Waals surface area contributed by atoms with Crippen LogP contribution in [-0.4, -0.2) is 50.3 Å². The predicted molar refractivity (Wildman–Crippen MR) is 64.2 cm³/mol. The molecule has 0 amide bonds. The van der Waals surface area contributed by atoms with Crippen molar-refractivity contribution in [3.63, 3.8) is 0 Å². The Morgan fingerprint density at radius 2 is 2.20 bits per heavy atom. The molecule has 1 unspecified atom stereocenters. The lowest BCUT2D eigenvalue weighted by atomic mass is 10.2. The van der Waals surface area contributed by atoms with Crippen LogP contribution in [0.25, 0.3) is 0 Å². The molecule has 0 aliphatic carbocycles. The van der Waals surface area contributed by atoms with E-state index in [0.29, 0.717) is 6.04 Å². The van der Waals surface area contributed by atoms with Gasteiger partial charge in [0.2, 0.25) is 0 Å². The molecule has 15 heavy (non-hydrogen) atoms. The molecule has 3 nitrogen and oxygen atoms in total. The van der Waals surface area contributed by atoms with Crippen molar-refractivity contribution in [3.8, 4) is 0 Å². The van der Waals surface area contributed by atoms with Gasteiger partial charge in [-0.25, -0.2) is 0 Å². The van der Waals surface area contributed by atoms with Crippen LogP contribution in [0.2, 0.25) is 0 Å². The molecule has 1 fully saturated rings. The molecule has 0 spiro atoms. The molecule has 0 bridgehead atoms. The first-order chi connectivity index (χ1) is 7.38. The molecule has 1 aliphatic rings. The molecule has 1 saturated heterocycles. The molecule has 0 aromatic rings. The summed E-state index contributed by atoms with van der Waals surface area (Å²) >= 11 is 0. The highest BCUT2D eigenvalue weighted by Gasteiger charge is 2.21. The lowest BCUT2D eigenvalue weighted by Crippen LogP contribution is -2.50. The summed E-state index contributed by atoms with van der Waals surface area (Å²) in [6.07, 6.45) is 3.99. The maximum absolute atomic E-state index is 5.53. The van der Waals surface area contributed by atoms with Gasteiger partial charge in [0.25, 0.3) is 0 Å². The quantitative estimate of drug-likeness (QED) is 0.650. The lowest BCUT2D eigenvalue weighted by molar-refractivity contribution is -0.00720. The maximum atomic E-state index is 5.53. The van der Waals surface area contributed by atoms with Crippen LogP contribution >= 0.6 is 0 Å². The predicted octanol–water partition coefficient (Wildman–Crippen LogP) is 1.49. The molecular formula is C12H26N2O. The van der Waals surface area contributed by atoms with Gasteiger partial charge in [-0.05, 0) is 19.5 Å². The molecule has 1 rings (SSSR count). The zero-order valence-corrected chi connectivity index (χ0v) is 10.3. The Labute approximate surface area is 94.2 Å². The van der Waals surface area contributed by atoms with Crippen LogP contribution in [0.1, 0.15) is 33.1 Å². The van der Waals surface area contributed by atoms with E-state index >= 15 is 0 Å². The highest BCUT2D eigenvalue weighted by Crippen LogP contribution is 2.08. The average Bonchev–Trinajstić information content (AvgIpc) is 2.28. The van der Waals surface area contributed by atoms with Crippen LogP contribution in [0.15, 0.2) is 0 Å². The van der Waals surface area contributed by atoms with Gasteiger partial charge in [-0.2, -0.15) is 0 Å². The van der Waals surface area contributed by atoms with Gasteiger partial charge in [0, 0.05) is 19.1 Å². The van der Waals surface area contributed by atoms with Crippen molar-refractivity contribution in [2.75, 3.05) is 39.4 Å².